The quantitative estimate of drug-likeness (QED) is 0.291. The van der Waals surface area contributed by atoms with Crippen molar-refractivity contribution in [2.24, 2.45) is 11.8 Å². The molecule has 0 aliphatic heterocycles. The van der Waals surface area contributed by atoms with E-state index in [1.54, 1.807) is 6.33 Å². The molecule has 38 heavy (non-hydrogen) atoms. The molecule has 0 unspecified atom stereocenters. The van der Waals surface area contributed by atoms with E-state index in [-0.39, 0.29) is 11.8 Å². The van der Waals surface area contributed by atoms with Crippen LogP contribution in [0.25, 0.3) is 16.7 Å². The molecule has 0 spiro atoms. The lowest BCUT2D eigenvalue weighted by atomic mass is 9.66. The molecule has 7 heteroatoms. The van der Waals surface area contributed by atoms with Gasteiger partial charge in [0.25, 0.3) is 5.78 Å². The van der Waals surface area contributed by atoms with Gasteiger partial charge in [-0.1, -0.05) is 68.0 Å². The second kappa shape index (κ2) is 10.6. The normalized spacial score (nSPS) is 17.4. The highest BCUT2D eigenvalue weighted by Gasteiger charge is 2.43. The Bertz CT molecular complexity index is 1490. The molecule has 0 amide bonds. The maximum atomic E-state index is 12.1. The third-order valence-electron chi connectivity index (χ3n) is 8.61. The Hall–Kier alpha value is -3.14. The van der Waals surface area contributed by atoms with E-state index in [2.05, 4.69) is 34.2 Å². The summed E-state index contributed by atoms with van der Waals surface area (Å²) in [6, 6.07) is 13.9. The number of aromatic nitrogens is 4. The molecule has 0 bridgehead atoms. The van der Waals surface area contributed by atoms with Gasteiger partial charge in [-0.25, -0.2) is 0 Å². The third-order valence-corrected chi connectivity index (χ3v) is 8.84. The molecule has 196 valence electrons. The van der Waals surface area contributed by atoms with Gasteiger partial charge in [0.2, 0.25) is 0 Å². The second-order valence-corrected chi connectivity index (χ2v) is 11.4. The molecule has 2 fully saturated rings. The first-order chi connectivity index (χ1) is 18.5. The summed E-state index contributed by atoms with van der Waals surface area (Å²) in [5, 5.41) is 21.9. The Morgan fingerprint density at radius 3 is 2.39 bits per heavy atom. The van der Waals surface area contributed by atoms with Gasteiger partial charge in [0, 0.05) is 28.7 Å². The Balaban J connectivity index is 1.35. The molecule has 4 aromatic rings. The molecule has 1 N–H and O–H groups in total. The van der Waals surface area contributed by atoms with Crippen LogP contribution in [0.2, 0.25) is 5.02 Å². The fraction of sp³-hybridized carbons (Fsp3) is 0.452. The van der Waals surface area contributed by atoms with Crippen LogP contribution in [0.5, 0.6) is 0 Å². The van der Waals surface area contributed by atoms with E-state index < -0.39 is 5.60 Å². The lowest BCUT2D eigenvalue weighted by Crippen LogP contribution is -2.45. The summed E-state index contributed by atoms with van der Waals surface area (Å²) in [5.74, 6) is 8.68. The third kappa shape index (κ3) is 4.74. The summed E-state index contributed by atoms with van der Waals surface area (Å²) in [4.78, 5) is 6.85. The van der Waals surface area contributed by atoms with Crippen LogP contribution in [0.3, 0.4) is 0 Å². The van der Waals surface area contributed by atoms with E-state index >= 15 is 0 Å². The van der Waals surface area contributed by atoms with Gasteiger partial charge in [-0.15, -0.1) is 10.2 Å². The van der Waals surface area contributed by atoms with E-state index in [1.807, 2.05) is 46.7 Å². The first-order valence-corrected chi connectivity index (χ1v) is 14.3. The number of rotatable bonds is 4. The van der Waals surface area contributed by atoms with Crippen LogP contribution in [-0.4, -0.2) is 37.3 Å². The van der Waals surface area contributed by atoms with E-state index in [4.69, 9.17) is 16.6 Å². The molecule has 2 aromatic carbocycles. The Morgan fingerprint density at radius 1 is 0.974 bits per heavy atom. The van der Waals surface area contributed by atoms with E-state index in [0.29, 0.717) is 10.8 Å². The Kier molecular flexibility index (Phi) is 6.99. The summed E-state index contributed by atoms with van der Waals surface area (Å²) >= 11 is 6.32. The predicted octanol–water partition coefficient (Wildman–Crippen LogP) is 6.94. The smallest absolute Gasteiger partial charge is 0.257 e. The van der Waals surface area contributed by atoms with Gasteiger partial charge >= 0.3 is 0 Å². The van der Waals surface area contributed by atoms with Crippen LogP contribution in [-0.2, 0) is 0 Å². The monoisotopic (exact) mass is 527 g/mol. The first kappa shape index (κ1) is 25.2. The second-order valence-electron chi connectivity index (χ2n) is 11.0. The van der Waals surface area contributed by atoms with Gasteiger partial charge in [0.05, 0.1) is 5.52 Å². The summed E-state index contributed by atoms with van der Waals surface area (Å²) in [6.45, 7) is 0. The molecule has 2 aromatic heterocycles. The van der Waals surface area contributed by atoms with E-state index in [0.717, 1.165) is 53.7 Å². The fourth-order valence-electron chi connectivity index (χ4n) is 6.49. The van der Waals surface area contributed by atoms with Gasteiger partial charge in [-0.3, -0.25) is 4.40 Å². The van der Waals surface area contributed by atoms with Crippen molar-refractivity contribution in [3.63, 3.8) is 0 Å². The number of aliphatic hydroxyl groups is 1. The predicted molar refractivity (Wildman–Crippen MR) is 153 cm³/mol. The van der Waals surface area contributed by atoms with Gasteiger partial charge in [0.1, 0.15) is 17.7 Å². The maximum absolute atomic E-state index is 12.1. The molecule has 6 nitrogen and oxygen atoms in total. The highest BCUT2D eigenvalue weighted by molar-refractivity contribution is 6.31. The van der Waals surface area contributed by atoms with Crippen molar-refractivity contribution < 1.29 is 5.11 Å². The van der Waals surface area contributed by atoms with Crippen molar-refractivity contribution in [2.45, 2.75) is 69.8 Å². The molecule has 6 rings (SSSR count). The van der Waals surface area contributed by atoms with Crippen molar-refractivity contribution in [2.75, 3.05) is 11.9 Å². The van der Waals surface area contributed by atoms with Crippen LogP contribution < -0.4 is 4.90 Å². The maximum Gasteiger partial charge on any atom is 0.257 e. The number of nitrogens with zero attached hydrogens (tertiary/aromatic N) is 5. The van der Waals surface area contributed by atoms with Crippen molar-refractivity contribution >= 4 is 39.8 Å². The van der Waals surface area contributed by atoms with E-state index in [1.165, 1.54) is 38.5 Å². The molecule has 2 saturated carbocycles. The van der Waals surface area contributed by atoms with Gasteiger partial charge in [0.15, 0.2) is 0 Å². The van der Waals surface area contributed by atoms with Gasteiger partial charge in [-0.05, 0) is 73.9 Å². The lowest BCUT2D eigenvalue weighted by molar-refractivity contribution is -0.0431. The largest absolute Gasteiger partial charge is 0.377 e. The fourth-order valence-corrected chi connectivity index (χ4v) is 6.65. The summed E-state index contributed by atoms with van der Waals surface area (Å²) in [7, 11) is 2.00. The lowest BCUT2D eigenvalue weighted by Gasteiger charge is -2.42. The molecule has 2 heterocycles. The number of fused-ring (bicyclic) bond motifs is 3. The minimum Gasteiger partial charge on any atom is -0.377 e. The topological polar surface area (TPSA) is 66.5 Å². The summed E-state index contributed by atoms with van der Waals surface area (Å²) in [6.07, 6.45) is 13.3. The molecule has 0 radical (unpaired) electrons. The van der Waals surface area contributed by atoms with Crippen LogP contribution in [0, 0.1) is 23.7 Å². The van der Waals surface area contributed by atoms with Crippen molar-refractivity contribution in [1.29, 1.82) is 0 Å². The van der Waals surface area contributed by atoms with Crippen molar-refractivity contribution in [3.8, 4) is 11.8 Å². The van der Waals surface area contributed by atoms with E-state index in [9.17, 15) is 5.11 Å². The van der Waals surface area contributed by atoms with Crippen LogP contribution in [0.4, 0.5) is 11.5 Å². The van der Waals surface area contributed by atoms with Crippen LogP contribution in [0.15, 0.2) is 48.8 Å². The number of hydrogen-bond donors (Lipinski definition) is 1. The molecule has 2 aliphatic rings. The molecule has 0 saturated heterocycles. The minimum absolute atomic E-state index is 0.273. The number of benzene rings is 2. The summed E-state index contributed by atoms with van der Waals surface area (Å²) < 4.78 is 1.85. The average molecular weight is 528 g/mol. The highest BCUT2D eigenvalue weighted by Crippen LogP contribution is 2.42. The SMILES string of the molecule is CN(c1cccc(C#CC(O)(C2CCCCC2)C2CCCCC2)c1)c1nc2nncn2c2cc(Cl)ccc12. The molecular weight excluding hydrogens is 494 g/mol. The Labute approximate surface area is 229 Å². The van der Waals surface area contributed by atoms with Crippen LogP contribution >= 0.6 is 11.6 Å². The standard InChI is InChI=1S/C31H34ClN5O/c1-36(29-27-16-15-25(32)20-28(27)37-21-33-35-30(37)34-29)26-14-8-9-22(19-26)17-18-31(38,23-10-4-2-5-11-23)24-12-6-3-7-13-24/h8-9,14-16,19-21,23-24,38H,2-7,10-13H2,1H3. The van der Waals surface area contributed by atoms with Crippen LogP contribution in [0.1, 0.15) is 69.8 Å². The minimum atomic E-state index is -0.904. The Morgan fingerprint density at radius 2 is 1.68 bits per heavy atom. The van der Waals surface area contributed by atoms with Gasteiger partial charge < -0.3 is 10.0 Å². The number of anilines is 2. The molecular formula is C31H34ClN5O. The van der Waals surface area contributed by atoms with Crippen molar-refractivity contribution in [3.05, 3.63) is 59.4 Å². The van der Waals surface area contributed by atoms with Gasteiger partial charge in [-0.2, -0.15) is 4.98 Å². The molecule has 0 atom stereocenters. The zero-order valence-corrected chi connectivity index (χ0v) is 22.7. The summed E-state index contributed by atoms with van der Waals surface area (Å²) in [5.41, 5.74) is 1.85. The number of halogens is 1. The zero-order valence-electron chi connectivity index (χ0n) is 21.9. The number of hydrogen-bond acceptors (Lipinski definition) is 5. The highest BCUT2D eigenvalue weighted by atomic mass is 35.5. The zero-order chi connectivity index (χ0) is 26.1. The van der Waals surface area contributed by atoms with Crippen molar-refractivity contribution in [1.82, 2.24) is 19.6 Å². The first-order valence-electron chi connectivity index (χ1n) is 13.9. The molecule has 2 aliphatic carbocycles. The average Bonchev–Trinajstić information content (AvgIpc) is 3.45.